The zero-order valence-corrected chi connectivity index (χ0v) is 12.5. The van der Waals surface area contributed by atoms with Crippen molar-refractivity contribution in [2.24, 2.45) is 0 Å². The van der Waals surface area contributed by atoms with Crippen molar-refractivity contribution in [3.05, 3.63) is 38.3 Å². The van der Waals surface area contributed by atoms with Crippen LogP contribution >= 0.6 is 22.9 Å². The number of aromatic nitrogens is 2. The number of rotatable bonds is 4. The molecule has 1 N–H and O–H groups in total. The highest BCUT2D eigenvalue weighted by atomic mass is 35.5. The summed E-state index contributed by atoms with van der Waals surface area (Å²) < 4.78 is 1.82. The van der Waals surface area contributed by atoms with Gasteiger partial charge in [-0.3, -0.25) is 4.68 Å². The molecule has 3 rings (SSSR count). The predicted octanol–water partition coefficient (Wildman–Crippen LogP) is 3.58. The number of aliphatic hydroxyl groups is 1. The molecular weight excluding hydrogens is 280 g/mol. The average molecular weight is 297 g/mol. The molecule has 2 aromatic rings. The van der Waals surface area contributed by atoms with Crippen molar-refractivity contribution in [1.82, 2.24) is 9.78 Å². The number of aliphatic hydroxyl groups excluding tert-OH is 1. The SMILES string of the molecule is CCCn1ncc(Cl)c1C(O)c1cc2c(s1)CCC2. The van der Waals surface area contributed by atoms with E-state index in [-0.39, 0.29) is 0 Å². The number of hydrogen-bond acceptors (Lipinski definition) is 3. The van der Waals surface area contributed by atoms with Gasteiger partial charge in [0.1, 0.15) is 6.10 Å². The second-order valence-electron chi connectivity index (χ2n) is 4.95. The fourth-order valence-electron chi connectivity index (χ4n) is 2.66. The minimum atomic E-state index is -0.655. The maximum Gasteiger partial charge on any atom is 0.131 e. The van der Waals surface area contributed by atoms with Gasteiger partial charge in [0.25, 0.3) is 0 Å². The van der Waals surface area contributed by atoms with Crippen LogP contribution in [0.4, 0.5) is 0 Å². The Hall–Kier alpha value is -0.840. The van der Waals surface area contributed by atoms with Crippen molar-refractivity contribution in [2.75, 3.05) is 0 Å². The molecule has 5 heteroatoms. The Kier molecular flexibility index (Phi) is 3.65. The number of halogens is 1. The van der Waals surface area contributed by atoms with Crippen LogP contribution in [0.5, 0.6) is 0 Å². The Bertz CT molecular complexity index is 569. The highest BCUT2D eigenvalue weighted by Gasteiger charge is 2.24. The van der Waals surface area contributed by atoms with E-state index < -0.39 is 6.10 Å². The lowest BCUT2D eigenvalue weighted by Gasteiger charge is -2.12. The van der Waals surface area contributed by atoms with E-state index in [1.54, 1.807) is 17.5 Å². The Morgan fingerprint density at radius 1 is 1.53 bits per heavy atom. The summed E-state index contributed by atoms with van der Waals surface area (Å²) in [6.45, 7) is 2.87. The molecule has 0 spiro atoms. The summed E-state index contributed by atoms with van der Waals surface area (Å²) in [6, 6.07) is 2.14. The van der Waals surface area contributed by atoms with Crippen molar-refractivity contribution in [3.63, 3.8) is 0 Å². The fourth-order valence-corrected chi connectivity index (χ4v) is 4.15. The molecule has 0 radical (unpaired) electrons. The van der Waals surface area contributed by atoms with Crippen LogP contribution in [-0.4, -0.2) is 14.9 Å². The maximum atomic E-state index is 10.6. The van der Waals surface area contributed by atoms with E-state index in [9.17, 15) is 5.11 Å². The molecule has 0 aliphatic heterocycles. The number of hydrogen-bond donors (Lipinski definition) is 1. The van der Waals surface area contributed by atoms with Crippen LogP contribution in [0.3, 0.4) is 0 Å². The molecule has 2 aromatic heterocycles. The van der Waals surface area contributed by atoms with Gasteiger partial charge in [0.05, 0.1) is 16.9 Å². The number of thiophene rings is 1. The molecule has 0 saturated carbocycles. The standard InChI is InChI=1S/C14H17ClN2OS/c1-2-6-17-13(10(15)8-16-17)14(18)12-7-9-4-3-5-11(9)19-12/h7-8,14,18H,2-6H2,1H3. The van der Waals surface area contributed by atoms with Gasteiger partial charge in [-0.25, -0.2) is 0 Å². The first kappa shape index (κ1) is 13.2. The predicted molar refractivity (Wildman–Crippen MR) is 77.9 cm³/mol. The molecule has 1 aliphatic carbocycles. The minimum Gasteiger partial charge on any atom is -0.381 e. The van der Waals surface area contributed by atoms with Gasteiger partial charge in [-0.1, -0.05) is 18.5 Å². The van der Waals surface area contributed by atoms with Crippen molar-refractivity contribution < 1.29 is 5.11 Å². The van der Waals surface area contributed by atoms with Gasteiger partial charge >= 0.3 is 0 Å². The molecular formula is C14H17ClN2OS. The smallest absolute Gasteiger partial charge is 0.131 e. The van der Waals surface area contributed by atoms with Gasteiger partial charge in [-0.05, 0) is 37.3 Å². The van der Waals surface area contributed by atoms with Crippen molar-refractivity contribution in [2.45, 2.75) is 45.3 Å². The van der Waals surface area contributed by atoms with E-state index in [1.807, 2.05) is 4.68 Å². The Morgan fingerprint density at radius 3 is 3.11 bits per heavy atom. The highest BCUT2D eigenvalue weighted by molar-refractivity contribution is 7.12. The zero-order chi connectivity index (χ0) is 13.4. The van der Waals surface area contributed by atoms with Crippen LogP contribution in [0.15, 0.2) is 12.3 Å². The first-order chi connectivity index (χ1) is 9.20. The van der Waals surface area contributed by atoms with Gasteiger partial charge in [-0.2, -0.15) is 5.10 Å². The number of aryl methyl sites for hydroxylation is 3. The van der Waals surface area contributed by atoms with Gasteiger partial charge in [-0.15, -0.1) is 11.3 Å². The molecule has 19 heavy (non-hydrogen) atoms. The van der Waals surface area contributed by atoms with Crippen LogP contribution < -0.4 is 0 Å². The van der Waals surface area contributed by atoms with Crippen molar-refractivity contribution >= 4 is 22.9 Å². The third-order valence-electron chi connectivity index (χ3n) is 3.56. The van der Waals surface area contributed by atoms with Crippen molar-refractivity contribution in [1.29, 1.82) is 0 Å². The van der Waals surface area contributed by atoms with Gasteiger partial charge in [0.2, 0.25) is 0 Å². The summed E-state index contributed by atoms with van der Waals surface area (Å²) >= 11 is 7.90. The normalized spacial score (nSPS) is 15.7. The van der Waals surface area contributed by atoms with Crippen molar-refractivity contribution in [3.8, 4) is 0 Å². The summed E-state index contributed by atoms with van der Waals surface area (Å²) in [5, 5.41) is 15.4. The molecule has 1 atom stereocenters. The van der Waals surface area contributed by atoms with E-state index in [0.29, 0.717) is 5.02 Å². The van der Waals surface area contributed by atoms with E-state index in [1.165, 1.54) is 16.9 Å². The summed E-state index contributed by atoms with van der Waals surface area (Å²) in [6.07, 6.45) is 5.47. The van der Waals surface area contributed by atoms with Crippen LogP contribution in [0, 0.1) is 0 Å². The Labute approximate surface area is 121 Å². The Balaban J connectivity index is 1.94. The lowest BCUT2D eigenvalue weighted by Crippen LogP contribution is -2.09. The Morgan fingerprint density at radius 2 is 2.37 bits per heavy atom. The van der Waals surface area contributed by atoms with Gasteiger partial charge in [0, 0.05) is 16.3 Å². The fraction of sp³-hybridized carbons (Fsp3) is 0.500. The van der Waals surface area contributed by atoms with Crippen LogP contribution in [0.2, 0.25) is 5.02 Å². The first-order valence-corrected chi connectivity index (χ1v) is 7.91. The third-order valence-corrected chi connectivity index (χ3v) is 5.14. The van der Waals surface area contributed by atoms with Crippen LogP contribution in [-0.2, 0) is 19.4 Å². The molecule has 0 amide bonds. The molecule has 0 saturated heterocycles. The average Bonchev–Trinajstić information content (AvgIpc) is 3.03. The monoisotopic (exact) mass is 296 g/mol. The second-order valence-corrected chi connectivity index (χ2v) is 6.53. The number of fused-ring (bicyclic) bond motifs is 1. The lowest BCUT2D eigenvalue weighted by atomic mass is 10.1. The maximum absolute atomic E-state index is 10.6. The molecule has 1 aliphatic rings. The summed E-state index contributed by atoms with van der Waals surface area (Å²) in [5.74, 6) is 0. The minimum absolute atomic E-state index is 0.550. The van der Waals surface area contributed by atoms with Gasteiger partial charge < -0.3 is 5.11 Å². The van der Waals surface area contributed by atoms with Crippen LogP contribution in [0.25, 0.3) is 0 Å². The molecule has 0 fully saturated rings. The third kappa shape index (κ3) is 2.33. The molecule has 0 aromatic carbocycles. The molecule has 3 nitrogen and oxygen atoms in total. The largest absolute Gasteiger partial charge is 0.381 e. The quantitative estimate of drug-likeness (QED) is 0.936. The van der Waals surface area contributed by atoms with E-state index >= 15 is 0 Å². The molecule has 1 unspecified atom stereocenters. The molecule has 0 bridgehead atoms. The van der Waals surface area contributed by atoms with E-state index in [2.05, 4.69) is 18.1 Å². The summed E-state index contributed by atoms with van der Waals surface area (Å²) in [4.78, 5) is 2.41. The first-order valence-electron chi connectivity index (χ1n) is 6.71. The lowest BCUT2D eigenvalue weighted by molar-refractivity contribution is 0.211. The van der Waals surface area contributed by atoms with Crippen LogP contribution in [0.1, 0.15) is 46.9 Å². The highest BCUT2D eigenvalue weighted by Crippen LogP contribution is 2.37. The topological polar surface area (TPSA) is 38.0 Å². The van der Waals surface area contributed by atoms with Gasteiger partial charge in [0.15, 0.2) is 0 Å². The molecule has 102 valence electrons. The summed E-state index contributed by atoms with van der Waals surface area (Å²) in [5.41, 5.74) is 2.13. The van der Waals surface area contributed by atoms with E-state index in [0.717, 1.165) is 36.4 Å². The second kappa shape index (κ2) is 5.27. The van der Waals surface area contributed by atoms with E-state index in [4.69, 9.17) is 11.6 Å². The summed E-state index contributed by atoms with van der Waals surface area (Å²) in [7, 11) is 0. The zero-order valence-electron chi connectivity index (χ0n) is 10.9. The molecule has 2 heterocycles. The number of nitrogens with zero attached hydrogens (tertiary/aromatic N) is 2.